The molecular formula is C16H16N8S. The third-order valence-corrected chi connectivity index (χ3v) is 5.70. The van der Waals surface area contributed by atoms with E-state index in [0.717, 1.165) is 28.5 Å². The normalized spacial score (nSPS) is 19.6. The van der Waals surface area contributed by atoms with Crippen LogP contribution in [0.5, 0.6) is 0 Å². The molecule has 5 rings (SSSR count). The molecule has 126 valence electrons. The number of fused-ring (bicyclic) bond motifs is 1. The van der Waals surface area contributed by atoms with Gasteiger partial charge in [-0.2, -0.15) is 5.10 Å². The molecule has 8 nitrogen and oxygen atoms in total. The highest BCUT2D eigenvalue weighted by atomic mass is 32.1. The molecule has 1 aliphatic carbocycles. The fraction of sp³-hybridized carbons (Fsp3) is 0.375. The summed E-state index contributed by atoms with van der Waals surface area (Å²) < 4.78 is 3.51. The summed E-state index contributed by atoms with van der Waals surface area (Å²) in [4.78, 5) is 14.7. The second kappa shape index (κ2) is 5.16. The number of aromatic nitrogens is 8. The number of thiazole rings is 1. The number of rotatable bonds is 3. The van der Waals surface area contributed by atoms with E-state index in [1.807, 2.05) is 31.9 Å². The van der Waals surface area contributed by atoms with Crippen LogP contribution in [0.3, 0.4) is 0 Å². The molecule has 1 aliphatic rings. The van der Waals surface area contributed by atoms with Crippen LogP contribution < -0.4 is 0 Å². The zero-order valence-corrected chi connectivity index (χ0v) is 14.9. The Hall–Kier alpha value is -2.68. The lowest BCUT2D eigenvalue weighted by Gasteiger charge is -2.00. The Morgan fingerprint density at radius 2 is 2.00 bits per heavy atom. The molecule has 4 aromatic heterocycles. The molecule has 0 N–H and O–H groups in total. The maximum Gasteiger partial charge on any atom is 0.221 e. The van der Waals surface area contributed by atoms with Gasteiger partial charge >= 0.3 is 0 Å². The van der Waals surface area contributed by atoms with Crippen molar-refractivity contribution in [2.75, 3.05) is 0 Å². The fourth-order valence-electron chi connectivity index (χ4n) is 3.23. The Labute approximate surface area is 147 Å². The molecule has 4 heterocycles. The van der Waals surface area contributed by atoms with Crippen LogP contribution in [-0.2, 0) is 14.1 Å². The average Bonchev–Trinajstić information content (AvgIpc) is 2.91. The summed E-state index contributed by atoms with van der Waals surface area (Å²) in [5.74, 6) is 1.01. The zero-order chi connectivity index (χ0) is 17.1. The fourth-order valence-corrected chi connectivity index (χ4v) is 4.20. The van der Waals surface area contributed by atoms with E-state index in [-0.39, 0.29) is 0 Å². The van der Waals surface area contributed by atoms with E-state index in [1.165, 1.54) is 4.88 Å². The standard InChI is InChI=1S/C16H16N8S/c1-8-17-7-14(25-8)10-4-9(10)11-5-13(23(2)21-11)12-6-18-15-16(19-12)24(3)22-20-15/h5-7,9-10H,4H2,1-3H3. The first-order valence-corrected chi connectivity index (χ1v) is 8.91. The van der Waals surface area contributed by atoms with Crippen molar-refractivity contribution < 1.29 is 0 Å². The number of aryl methyl sites for hydroxylation is 3. The summed E-state index contributed by atoms with van der Waals surface area (Å²) in [6.07, 6.45) is 4.87. The first kappa shape index (κ1) is 14.6. The lowest BCUT2D eigenvalue weighted by atomic mass is 10.2. The smallest absolute Gasteiger partial charge is 0.221 e. The molecule has 0 spiro atoms. The summed E-state index contributed by atoms with van der Waals surface area (Å²) in [6, 6.07) is 2.12. The molecule has 2 unspecified atom stereocenters. The maximum absolute atomic E-state index is 4.72. The van der Waals surface area contributed by atoms with Crippen LogP contribution in [0.2, 0.25) is 0 Å². The van der Waals surface area contributed by atoms with Gasteiger partial charge in [-0.05, 0) is 19.4 Å². The molecule has 9 heteroatoms. The van der Waals surface area contributed by atoms with Gasteiger partial charge in [0.2, 0.25) is 5.65 Å². The Balaban J connectivity index is 1.48. The molecule has 0 radical (unpaired) electrons. The Morgan fingerprint density at radius 1 is 1.12 bits per heavy atom. The van der Waals surface area contributed by atoms with Gasteiger partial charge < -0.3 is 0 Å². The minimum Gasteiger partial charge on any atom is -0.266 e. The highest BCUT2D eigenvalue weighted by Crippen LogP contribution is 2.55. The van der Waals surface area contributed by atoms with Crippen molar-refractivity contribution >= 4 is 22.6 Å². The summed E-state index contributed by atoms with van der Waals surface area (Å²) >= 11 is 1.78. The predicted molar refractivity (Wildman–Crippen MR) is 93.3 cm³/mol. The second-order valence-electron chi connectivity index (χ2n) is 6.42. The van der Waals surface area contributed by atoms with Crippen molar-refractivity contribution in [1.82, 2.24) is 39.7 Å². The van der Waals surface area contributed by atoms with Crippen molar-refractivity contribution in [3.8, 4) is 11.4 Å². The number of hydrogen-bond acceptors (Lipinski definition) is 7. The highest BCUT2D eigenvalue weighted by molar-refractivity contribution is 7.11. The van der Waals surface area contributed by atoms with Gasteiger partial charge in [-0.1, -0.05) is 5.21 Å². The SMILES string of the molecule is Cc1ncc(C2CC2c2cc(-c3cnc4nnn(C)c4n3)n(C)n2)s1. The van der Waals surface area contributed by atoms with Crippen LogP contribution >= 0.6 is 11.3 Å². The van der Waals surface area contributed by atoms with Crippen molar-refractivity contribution in [3.05, 3.63) is 34.0 Å². The van der Waals surface area contributed by atoms with Crippen LogP contribution in [-0.4, -0.2) is 39.7 Å². The van der Waals surface area contributed by atoms with E-state index in [9.17, 15) is 0 Å². The van der Waals surface area contributed by atoms with Crippen molar-refractivity contribution in [2.45, 2.75) is 25.2 Å². The second-order valence-corrected chi connectivity index (χ2v) is 7.69. The van der Waals surface area contributed by atoms with Gasteiger partial charge in [0.15, 0.2) is 5.65 Å². The molecule has 1 saturated carbocycles. The van der Waals surface area contributed by atoms with Crippen molar-refractivity contribution in [3.63, 3.8) is 0 Å². The lowest BCUT2D eigenvalue weighted by Crippen LogP contribution is -1.98. The van der Waals surface area contributed by atoms with Gasteiger partial charge in [-0.3, -0.25) is 4.68 Å². The molecule has 2 atom stereocenters. The quantitative estimate of drug-likeness (QED) is 0.562. The molecule has 1 fully saturated rings. The van der Waals surface area contributed by atoms with E-state index in [4.69, 9.17) is 5.10 Å². The van der Waals surface area contributed by atoms with E-state index in [0.29, 0.717) is 23.1 Å². The van der Waals surface area contributed by atoms with Gasteiger partial charge in [0, 0.05) is 37.0 Å². The topological polar surface area (TPSA) is 87.2 Å². The van der Waals surface area contributed by atoms with Crippen LogP contribution in [0.25, 0.3) is 22.7 Å². The Morgan fingerprint density at radius 3 is 2.80 bits per heavy atom. The summed E-state index contributed by atoms with van der Waals surface area (Å²) in [5.41, 5.74) is 4.07. The van der Waals surface area contributed by atoms with Crippen LogP contribution in [0.1, 0.15) is 33.8 Å². The zero-order valence-electron chi connectivity index (χ0n) is 14.1. The van der Waals surface area contributed by atoms with Gasteiger partial charge in [-0.25, -0.2) is 19.6 Å². The van der Waals surface area contributed by atoms with Crippen molar-refractivity contribution in [2.24, 2.45) is 14.1 Å². The van der Waals surface area contributed by atoms with Gasteiger partial charge in [0.1, 0.15) is 5.69 Å². The van der Waals surface area contributed by atoms with Gasteiger partial charge in [0.25, 0.3) is 0 Å². The summed E-state index contributed by atoms with van der Waals surface area (Å²) in [7, 11) is 3.76. The molecule has 0 amide bonds. The van der Waals surface area contributed by atoms with Crippen molar-refractivity contribution in [1.29, 1.82) is 0 Å². The molecule has 4 aromatic rings. The van der Waals surface area contributed by atoms with E-state index < -0.39 is 0 Å². The molecule has 0 saturated heterocycles. The van der Waals surface area contributed by atoms with E-state index in [2.05, 4.69) is 31.3 Å². The summed E-state index contributed by atoms with van der Waals surface area (Å²) in [5, 5.41) is 13.8. The molecule has 0 aromatic carbocycles. The molecule has 25 heavy (non-hydrogen) atoms. The largest absolute Gasteiger partial charge is 0.266 e. The average molecular weight is 352 g/mol. The van der Waals surface area contributed by atoms with Crippen LogP contribution in [0.4, 0.5) is 0 Å². The molecule has 0 bridgehead atoms. The first-order valence-electron chi connectivity index (χ1n) is 8.09. The first-order chi connectivity index (χ1) is 12.1. The Bertz CT molecular complexity index is 1090. The highest BCUT2D eigenvalue weighted by Gasteiger charge is 2.42. The Kier molecular flexibility index (Phi) is 3.02. The monoisotopic (exact) mass is 352 g/mol. The molecule has 0 aliphatic heterocycles. The number of nitrogens with zero attached hydrogens (tertiary/aromatic N) is 8. The minimum atomic E-state index is 0.467. The predicted octanol–water partition coefficient (Wildman–Crippen LogP) is 2.19. The third-order valence-electron chi connectivity index (χ3n) is 4.65. The minimum absolute atomic E-state index is 0.467. The number of hydrogen-bond donors (Lipinski definition) is 0. The maximum atomic E-state index is 4.72. The van der Waals surface area contributed by atoms with E-state index >= 15 is 0 Å². The van der Waals surface area contributed by atoms with Gasteiger partial charge in [0.05, 0.1) is 22.6 Å². The van der Waals surface area contributed by atoms with Gasteiger partial charge in [-0.15, -0.1) is 16.4 Å². The van der Waals surface area contributed by atoms with Crippen LogP contribution in [0.15, 0.2) is 18.5 Å². The van der Waals surface area contributed by atoms with E-state index in [1.54, 1.807) is 22.2 Å². The summed E-state index contributed by atoms with van der Waals surface area (Å²) in [6.45, 7) is 2.05. The third kappa shape index (κ3) is 2.34. The molecular weight excluding hydrogens is 336 g/mol. The lowest BCUT2D eigenvalue weighted by molar-refractivity contribution is 0.728. The van der Waals surface area contributed by atoms with Crippen LogP contribution in [0, 0.1) is 6.92 Å².